The average molecular weight is 553 g/mol. The Morgan fingerprint density at radius 1 is 0.850 bits per heavy atom. The van der Waals surface area contributed by atoms with Crippen LogP contribution in [0.4, 0.5) is 0 Å². The van der Waals surface area contributed by atoms with Gasteiger partial charge in [0.2, 0.25) is 5.75 Å². The van der Waals surface area contributed by atoms with E-state index in [4.69, 9.17) is 18.9 Å². The number of aliphatic hydroxyl groups excluding tert-OH is 1. The number of hydrogen-bond donors (Lipinski definition) is 1. The predicted octanol–water partition coefficient (Wildman–Crippen LogP) is 7.33. The fourth-order valence-corrected chi connectivity index (χ4v) is 4.51. The SMILES string of the molecule is CCCCOc1cc(CN(C)C(C)[C@@H](O)c2ccnc3ccc(OC)cc23)cc(OCCCC)c1OCCCC. The van der Waals surface area contributed by atoms with Crippen LogP contribution < -0.4 is 18.9 Å². The van der Waals surface area contributed by atoms with Crippen molar-refractivity contribution in [2.45, 2.75) is 84.9 Å². The predicted molar refractivity (Wildman–Crippen MR) is 162 cm³/mol. The normalized spacial score (nSPS) is 12.9. The van der Waals surface area contributed by atoms with Gasteiger partial charge in [-0.25, -0.2) is 0 Å². The highest BCUT2D eigenvalue weighted by atomic mass is 16.5. The van der Waals surface area contributed by atoms with E-state index in [1.807, 2.05) is 38.2 Å². The number of ether oxygens (including phenoxy) is 4. The number of nitrogens with zero attached hydrogens (tertiary/aromatic N) is 2. The molecule has 0 saturated heterocycles. The molecule has 0 aliphatic carbocycles. The van der Waals surface area contributed by atoms with Crippen LogP contribution in [-0.4, -0.2) is 55.0 Å². The van der Waals surface area contributed by atoms with Gasteiger partial charge < -0.3 is 24.1 Å². The Bertz CT molecular complexity index is 1150. The molecule has 0 radical (unpaired) electrons. The molecule has 3 aromatic rings. The summed E-state index contributed by atoms with van der Waals surface area (Å²) in [4.78, 5) is 6.62. The zero-order chi connectivity index (χ0) is 28.9. The highest BCUT2D eigenvalue weighted by Crippen LogP contribution is 2.40. The molecule has 40 heavy (non-hydrogen) atoms. The van der Waals surface area contributed by atoms with Crippen LogP contribution in [-0.2, 0) is 6.54 Å². The smallest absolute Gasteiger partial charge is 0.203 e. The summed E-state index contributed by atoms with van der Waals surface area (Å²) in [6.07, 6.45) is 7.10. The van der Waals surface area contributed by atoms with Crippen LogP contribution in [0.2, 0.25) is 0 Å². The first-order valence-corrected chi connectivity index (χ1v) is 14.8. The number of pyridine rings is 1. The zero-order valence-corrected chi connectivity index (χ0v) is 25.2. The Labute approximate surface area is 240 Å². The van der Waals surface area contributed by atoms with Gasteiger partial charge in [0, 0.05) is 24.2 Å². The summed E-state index contributed by atoms with van der Waals surface area (Å²) >= 11 is 0. The van der Waals surface area contributed by atoms with E-state index in [9.17, 15) is 5.11 Å². The van der Waals surface area contributed by atoms with E-state index in [2.05, 4.69) is 42.8 Å². The molecule has 0 saturated carbocycles. The highest BCUT2D eigenvalue weighted by Gasteiger charge is 2.24. The minimum absolute atomic E-state index is 0.175. The average Bonchev–Trinajstić information content (AvgIpc) is 2.97. The molecule has 2 aromatic carbocycles. The van der Waals surface area contributed by atoms with Crippen LogP contribution in [0.25, 0.3) is 10.9 Å². The van der Waals surface area contributed by atoms with Crippen molar-refractivity contribution in [1.29, 1.82) is 0 Å². The summed E-state index contributed by atoms with van der Waals surface area (Å²) in [5.74, 6) is 2.88. The molecule has 220 valence electrons. The number of rotatable bonds is 18. The molecule has 0 amide bonds. The van der Waals surface area contributed by atoms with Crippen molar-refractivity contribution >= 4 is 10.9 Å². The standard InChI is InChI=1S/C33H48N2O5/c1-7-10-17-38-30-20-25(21-31(39-18-11-8-2)33(30)40-19-12-9-3)23-35(5)24(4)32(36)27-15-16-34-29-14-13-26(37-6)22-28(27)29/h13-16,20-22,24,32,36H,7-12,17-19,23H2,1-6H3/t24?,32-/m1/s1. The second kappa shape index (κ2) is 16.3. The molecular formula is C33H48N2O5. The van der Waals surface area contributed by atoms with E-state index in [0.29, 0.717) is 32.1 Å². The van der Waals surface area contributed by atoms with Gasteiger partial charge in [-0.15, -0.1) is 0 Å². The lowest BCUT2D eigenvalue weighted by atomic mass is 9.98. The summed E-state index contributed by atoms with van der Waals surface area (Å²) in [6, 6.07) is 11.6. The van der Waals surface area contributed by atoms with Gasteiger partial charge in [0.15, 0.2) is 11.5 Å². The van der Waals surface area contributed by atoms with Gasteiger partial charge >= 0.3 is 0 Å². The number of aromatic nitrogens is 1. The molecule has 0 aliphatic rings. The Morgan fingerprint density at radius 3 is 2.02 bits per heavy atom. The third kappa shape index (κ3) is 8.48. The summed E-state index contributed by atoms with van der Waals surface area (Å²) in [7, 11) is 3.67. The maximum atomic E-state index is 11.5. The summed E-state index contributed by atoms with van der Waals surface area (Å²) in [6.45, 7) is 11.0. The number of likely N-dealkylation sites (N-methyl/N-ethyl adjacent to an activating group) is 1. The molecule has 0 aliphatic heterocycles. The molecule has 1 unspecified atom stereocenters. The van der Waals surface area contributed by atoms with Crippen LogP contribution in [0.5, 0.6) is 23.0 Å². The van der Waals surface area contributed by atoms with Crippen LogP contribution in [0.15, 0.2) is 42.6 Å². The van der Waals surface area contributed by atoms with Crippen molar-refractivity contribution < 1.29 is 24.1 Å². The van der Waals surface area contributed by atoms with Crippen LogP contribution >= 0.6 is 0 Å². The minimum Gasteiger partial charge on any atom is -0.497 e. The number of hydrogen-bond acceptors (Lipinski definition) is 7. The first-order chi connectivity index (χ1) is 19.4. The second-order valence-electron chi connectivity index (χ2n) is 10.4. The fourth-order valence-electron chi connectivity index (χ4n) is 4.51. The van der Waals surface area contributed by atoms with Gasteiger partial charge in [-0.3, -0.25) is 9.88 Å². The van der Waals surface area contributed by atoms with Crippen molar-refractivity contribution in [1.82, 2.24) is 9.88 Å². The summed E-state index contributed by atoms with van der Waals surface area (Å²) in [5.41, 5.74) is 2.70. The van der Waals surface area contributed by atoms with Crippen molar-refractivity contribution in [2.75, 3.05) is 34.0 Å². The largest absolute Gasteiger partial charge is 0.497 e. The lowest BCUT2D eigenvalue weighted by molar-refractivity contribution is 0.0697. The maximum Gasteiger partial charge on any atom is 0.203 e. The van der Waals surface area contributed by atoms with E-state index < -0.39 is 6.10 Å². The van der Waals surface area contributed by atoms with Crippen LogP contribution in [0.1, 0.15) is 83.5 Å². The monoisotopic (exact) mass is 552 g/mol. The van der Waals surface area contributed by atoms with Crippen molar-refractivity contribution in [2.24, 2.45) is 0 Å². The van der Waals surface area contributed by atoms with Crippen molar-refractivity contribution in [3.8, 4) is 23.0 Å². The van der Waals surface area contributed by atoms with E-state index in [0.717, 1.165) is 77.8 Å². The van der Waals surface area contributed by atoms with Gasteiger partial charge in [-0.1, -0.05) is 40.0 Å². The van der Waals surface area contributed by atoms with Gasteiger partial charge in [-0.05, 0) is 80.8 Å². The first kappa shape index (κ1) is 31.5. The molecule has 2 atom stereocenters. The molecule has 3 rings (SSSR count). The molecular weight excluding hydrogens is 504 g/mol. The number of fused-ring (bicyclic) bond motifs is 1. The minimum atomic E-state index is -0.722. The Balaban J connectivity index is 1.88. The molecule has 0 spiro atoms. The van der Waals surface area contributed by atoms with E-state index in [-0.39, 0.29) is 6.04 Å². The Morgan fingerprint density at radius 2 is 1.45 bits per heavy atom. The summed E-state index contributed by atoms with van der Waals surface area (Å²) < 4.78 is 24.1. The quantitative estimate of drug-likeness (QED) is 0.166. The topological polar surface area (TPSA) is 73.3 Å². The third-order valence-electron chi connectivity index (χ3n) is 7.22. The van der Waals surface area contributed by atoms with Crippen LogP contribution in [0.3, 0.4) is 0 Å². The number of unbranched alkanes of at least 4 members (excludes halogenated alkanes) is 3. The Hall–Kier alpha value is -3.03. The molecule has 7 nitrogen and oxygen atoms in total. The number of benzene rings is 2. The van der Waals surface area contributed by atoms with E-state index >= 15 is 0 Å². The fraction of sp³-hybridized carbons (Fsp3) is 0.545. The molecule has 1 aromatic heterocycles. The third-order valence-corrected chi connectivity index (χ3v) is 7.22. The zero-order valence-electron chi connectivity index (χ0n) is 25.2. The van der Waals surface area contributed by atoms with Gasteiger partial charge in [0.25, 0.3) is 0 Å². The van der Waals surface area contributed by atoms with Gasteiger partial charge in [-0.2, -0.15) is 0 Å². The van der Waals surface area contributed by atoms with Crippen molar-refractivity contribution in [3.63, 3.8) is 0 Å². The maximum absolute atomic E-state index is 11.5. The number of aliphatic hydroxyl groups is 1. The van der Waals surface area contributed by atoms with Crippen LogP contribution in [0, 0.1) is 0 Å². The molecule has 0 fully saturated rings. The molecule has 1 heterocycles. The number of methoxy groups -OCH3 is 1. The summed E-state index contributed by atoms with van der Waals surface area (Å²) in [5, 5.41) is 12.4. The van der Waals surface area contributed by atoms with E-state index in [1.165, 1.54) is 0 Å². The van der Waals surface area contributed by atoms with Gasteiger partial charge in [0.1, 0.15) is 5.75 Å². The van der Waals surface area contributed by atoms with Gasteiger partial charge in [0.05, 0.1) is 38.6 Å². The molecule has 1 N–H and O–H groups in total. The first-order valence-electron chi connectivity index (χ1n) is 14.8. The Kier molecular flexibility index (Phi) is 12.8. The molecule has 0 bridgehead atoms. The van der Waals surface area contributed by atoms with E-state index in [1.54, 1.807) is 13.3 Å². The highest BCUT2D eigenvalue weighted by molar-refractivity contribution is 5.83. The van der Waals surface area contributed by atoms with Crippen molar-refractivity contribution in [3.05, 3.63) is 53.7 Å². The lowest BCUT2D eigenvalue weighted by Crippen LogP contribution is -2.34. The molecule has 7 heteroatoms. The second-order valence-corrected chi connectivity index (χ2v) is 10.4. The lowest BCUT2D eigenvalue weighted by Gasteiger charge is -2.30.